The Balaban J connectivity index is 0.878. The van der Waals surface area contributed by atoms with E-state index in [2.05, 4.69) is 228 Å². The third-order valence-electron chi connectivity index (χ3n) is 13.4. The average molecular weight is 803 g/mol. The minimum Gasteiger partial charge on any atom is -0.308 e. The summed E-state index contributed by atoms with van der Waals surface area (Å²) in [7, 11) is 0. The Morgan fingerprint density at radius 1 is 0.302 bits per heavy atom. The van der Waals surface area contributed by atoms with E-state index in [1.807, 2.05) is 12.4 Å². The number of para-hydroxylation sites is 4. The van der Waals surface area contributed by atoms with E-state index in [1.165, 1.54) is 77.0 Å². The van der Waals surface area contributed by atoms with Crippen molar-refractivity contribution >= 4 is 43.6 Å². The normalized spacial score (nSPS) is 12.9. The topological polar surface area (TPSA) is 35.6 Å². The summed E-state index contributed by atoms with van der Waals surface area (Å²) in [4.78, 5) is 10.1. The van der Waals surface area contributed by atoms with Crippen LogP contribution in [0.4, 0.5) is 0 Å². The molecule has 0 atom stereocenters. The van der Waals surface area contributed by atoms with Gasteiger partial charge in [-0.3, -0.25) is 9.97 Å². The highest BCUT2D eigenvalue weighted by Crippen LogP contribution is 2.56. The van der Waals surface area contributed by atoms with Gasteiger partial charge in [0, 0.05) is 32.7 Å². The van der Waals surface area contributed by atoms with Crippen molar-refractivity contribution in [1.29, 1.82) is 0 Å². The summed E-state index contributed by atoms with van der Waals surface area (Å²) in [5.41, 5.74) is 17.9. The Kier molecular flexibility index (Phi) is 7.79. The maximum absolute atomic E-state index is 5.05. The van der Waals surface area contributed by atoms with Crippen molar-refractivity contribution in [2.75, 3.05) is 0 Å². The molecule has 0 saturated carbocycles. The summed E-state index contributed by atoms with van der Waals surface area (Å²) in [5.74, 6) is 0. The van der Waals surface area contributed by atoms with Crippen LogP contribution in [0.5, 0.6) is 0 Å². The van der Waals surface area contributed by atoms with E-state index >= 15 is 0 Å². The molecule has 0 unspecified atom stereocenters. The smallest absolute Gasteiger partial charge is 0.0713 e. The number of benzene rings is 8. The van der Waals surface area contributed by atoms with Crippen LogP contribution in [-0.2, 0) is 5.41 Å². The molecule has 294 valence electrons. The summed E-state index contributed by atoms with van der Waals surface area (Å²) in [5, 5.41) is 4.97. The summed E-state index contributed by atoms with van der Waals surface area (Å²) >= 11 is 0. The van der Waals surface area contributed by atoms with Gasteiger partial charge >= 0.3 is 0 Å². The number of aromatic nitrogens is 4. The first-order valence-electron chi connectivity index (χ1n) is 21.6. The highest BCUT2D eigenvalue weighted by molar-refractivity contribution is 6.10. The fourth-order valence-corrected chi connectivity index (χ4v) is 10.6. The first-order valence-corrected chi connectivity index (χ1v) is 21.6. The van der Waals surface area contributed by atoms with Crippen LogP contribution >= 0.6 is 0 Å². The molecule has 0 amide bonds. The SMILES string of the molecule is c1ccc2c(c1)-c1ccccc1C2(c1ccc(-c2ccc(-n3c4ccccc4c4ccccc43)cn2)cc1)c1ccc(-c2ccc(-n3c4ccccc4c4ccccc43)cn2)cc1. The molecule has 13 rings (SSSR count). The Morgan fingerprint density at radius 2 is 0.635 bits per heavy atom. The molecule has 4 heteroatoms. The van der Waals surface area contributed by atoms with Crippen molar-refractivity contribution in [1.82, 2.24) is 19.1 Å². The van der Waals surface area contributed by atoms with Gasteiger partial charge in [-0.25, -0.2) is 0 Å². The summed E-state index contributed by atoms with van der Waals surface area (Å²) < 4.78 is 4.62. The van der Waals surface area contributed by atoms with Crippen molar-refractivity contribution in [2.24, 2.45) is 0 Å². The molecular weight excluding hydrogens is 765 g/mol. The molecular formula is C59H38N4. The Hall–Kier alpha value is -8.34. The summed E-state index contributed by atoms with van der Waals surface area (Å²) in [6.07, 6.45) is 4.00. The third-order valence-corrected chi connectivity index (χ3v) is 13.4. The molecule has 4 heterocycles. The zero-order valence-electron chi connectivity index (χ0n) is 34.2. The fraction of sp³-hybridized carbons (Fsp3) is 0.0169. The molecule has 0 radical (unpaired) electrons. The van der Waals surface area contributed by atoms with Crippen LogP contribution in [0.3, 0.4) is 0 Å². The number of pyridine rings is 2. The maximum Gasteiger partial charge on any atom is 0.0713 e. The second-order valence-corrected chi connectivity index (χ2v) is 16.5. The fourth-order valence-electron chi connectivity index (χ4n) is 10.6. The van der Waals surface area contributed by atoms with Crippen molar-refractivity contribution < 1.29 is 0 Å². The number of hydrogen-bond acceptors (Lipinski definition) is 2. The first-order chi connectivity index (χ1) is 31.3. The van der Waals surface area contributed by atoms with Gasteiger partial charge in [-0.05, 0) is 81.9 Å². The van der Waals surface area contributed by atoms with Gasteiger partial charge < -0.3 is 9.13 Å². The van der Waals surface area contributed by atoms with Crippen molar-refractivity contribution in [2.45, 2.75) is 5.41 Å². The highest BCUT2D eigenvalue weighted by atomic mass is 15.0. The second kappa shape index (κ2) is 13.8. The van der Waals surface area contributed by atoms with E-state index in [9.17, 15) is 0 Å². The lowest BCUT2D eigenvalue weighted by Crippen LogP contribution is -2.28. The predicted molar refractivity (Wildman–Crippen MR) is 259 cm³/mol. The second-order valence-electron chi connectivity index (χ2n) is 16.5. The molecule has 4 aromatic heterocycles. The lowest BCUT2D eigenvalue weighted by atomic mass is 9.67. The zero-order chi connectivity index (χ0) is 41.5. The molecule has 1 aliphatic rings. The molecule has 0 bridgehead atoms. The van der Waals surface area contributed by atoms with Crippen molar-refractivity contribution in [3.8, 4) is 45.0 Å². The van der Waals surface area contributed by atoms with Gasteiger partial charge in [0.15, 0.2) is 0 Å². The van der Waals surface area contributed by atoms with Gasteiger partial charge in [0.25, 0.3) is 0 Å². The molecule has 4 nitrogen and oxygen atoms in total. The van der Waals surface area contributed by atoms with Crippen LogP contribution in [0.1, 0.15) is 22.3 Å². The summed E-state index contributed by atoms with van der Waals surface area (Å²) in [6, 6.07) is 79.0. The van der Waals surface area contributed by atoms with Crippen LogP contribution in [0.15, 0.2) is 231 Å². The molecule has 8 aromatic carbocycles. The van der Waals surface area contributed by atoms with Gasteiger partial charge in [0.1, 0.15) is 0 Å². The molecule has 0 N–H and O–H groups in total. The van der Waals surface area contributed by atoms with Crippen molar-refractivity contribution in [3.63, 3.8) is 0 Å². The molecule has 0 fully saturated rings. The Morgan fingerprint density at radius 3 is 0.984 bits per heavy atom. The standard InChI is InChI=1S/C59H38N4/c1-7-19-51-45(13-1)46-14-2-8-20-52(46)59(51,41-29-25-39(26-30-41)53-35-33-43(37-60-53)62-55-21-9-3-15-47(55)48-16-4-10-22-56(48)62)42-31-27-40(28-32-42)54-36-34-44(38-61-54)63-57-23-11-5-17-49(57)50-18-6-12-24-58(50)63/h1-38H. The lowest BCUT2D eigenvalue weighted by molar-refractivity contribution is 0.768. The van der Waals surface area contributed by atoms with Crippen LogP contribution in [0.25, 0.3) is 88.6 Å². The number of hydrogen-bond donors (Lipinski definition) is 0. The average Bonchev–Trinajstić information content (AvgIpc) is 3.99. The van der Waals surface area contributed by atoms with Crippen LogP contribution in [0, 0.1) is 0 Å². The lowest BCUT2D eigenvalue weighted by Gasteiger charge is -2.34. The molecule has 0 spiro atoms. The van der Waals surface area contributed by atoms with E-state index in [1.54, 1.807) is 0 Å². The molecule has 12 aromatic rings. The van der Waals surface area contributed by atoms with Gasteiger partial charge in [-0.1, -0.05) is 170 Å². The van der Waals surface area contributed by atoms with Gasteiger partial charge in [-0.2, -0.15) is 0 Å². The molecule has 0 saturated heterocycles. The van der Waals surface area contributed by atoms with Gasteiger partial charge in [-0.15, -0.1) is 0 Å². The van der Waals surface area contributed by atoms with E-state index < -0.39 is 5.41 Å². The largest absolute Gasteiger partial charge is 0.308 e. The summed E-state index contributed by atoms with van der Waals surface area (Å²) in [6.45, 7) is 0. The van der Waals surface area contributed by atoms with E-state index in [0.29, 0.717) is 0 Å². The Labute approximate surface area is 364 Å². The van der Waals surface area contributed by atoms with Crippen LogP contribution < -0.4 is 0 Å². The maximum atomic E-state index is 5.05. The minimum atomic E-state index is -0.522. The van der Waals surface area contributed by atoms with E-state index in [0.717, 1.165) is 33.9 Å². The Bertz CT molecular complexity index is 3350. The number of rotatable bonds is 6. The first kappa shape index (κ1) is 35.4. The quantitative estimate of drug-likeness (QED) is 0.168. The molecule has 0 aliphatic heterocycles. The van der Waals surface area contributed by atoms with E-state index in [4.69, 9.17) is 9.97 Å². The highest BCUT2D eigenvalue weighted by Gasteiger charge is 2.45. The zero-order valence-corrected chi connectivity index (χ0v) is 34.2. The number of nitrogens with zero attached hydrogens (tertiary/aromatic N) is 4. The third kappa shape index (κ3) is 5.22. The molecule has 63 heavy (non-hydrogen) atoms. The monoisotopic (exact) mass is 802 g/mol. The predicted octanol–water partition coefficient (Wildman–Crippen LogP) is 14.4. The van der Waals surface area contributed by atoms with Crippen LogP contribution in [-0.4, -0.2) is 19.1 Å². The van der Waals surface area contributed by atoms with Gasteiger partial charge in [0.05, 0.1) is 62.6 Å². The molecule has 1 aliphatic carbocycles. The number of fused-ring (bicyclic) bond motifs is 9. The van der Waals surface area contributed by atoms with Crippen LogP contribution in [0.2, 0.25) is 0 Å². The van der Waals surface area contributed by atoms with E-state index in [-0.39, 0.29) is 0 Å². The van der Waals surface area contributed by atoms with Gasteiger partial charge in [0.2, 0.25) is 0 Å². The van der Waals surface area contributed by atoms with Crippen molar-refractivity contribution in [3.05, 3.63) is 253 Å². The minimum absolute atomic E-state index is 0.522.